The minimum Gasteiger partial charge on any atom is -0.501 e. The van der Waals surface area contributed by atoms with Crippen LogP contribution >= 0.6 is 0 Å². The fraction of sp³-hybridized carbons (Fsp3) is 0.167. The molecule has 0 amide bonds. The fourth-order valence-electron chi connectivity index (χ4n) is 6.90. The first-order valence-corrected chi connectivity index (χ1v) is 21.6. The number of hydrogen-bond donors (Lipinski definition) is 0. The number of rotatable bonds is 7. The molecule has 0 aliphatic rings. The molecule has 0 saturated heterocycles. The Balaban J connectivity index is 0.000000206. The maximum atomic E-state index is 6.41. The molecule has 5 heteroatoms. The van der Waals surface area contributed by atoms with Crippen LogP contribution in [0.2, 0.25) is 19.6 Å². The Hall–Kier alpha value is -4.93. The number of furan rings is 1. The molecule has 0 saturated carbocycles. The van der Waals surface area contributed by atoms with E-state index in [1.54, 1.807) is 0 Å². The summed E-state index contributed by atoms with van der Waals surface area (Å²) in [6.07, 6.45) is 3.98. The zero-order chi connectivity index (χ0) is 36.2. The SMILES string of the molecule is CC(C)c1cc(-c2[c-]cccc2)ncc1[Si](C)(C)C.CC(c1ccccc1)c1ccnc(-c2[c-]ccc3c2oc2cccc(-c4ccccc4)c23)c1.[Ir]. The van der Waals surface area contributed by atoms with Crippen LogP contribution in [0.15, 0.2) is 150 Å². The van der Waals surface area contributed by atoms with Crippen molar-refractivity contribution in [3.05, 3.63) is 175 Å². The van der Waals surface area contributed by atoms with Crippen LogP contribution in [0, 0.1) is 12.1 Å². The van der Waals surface area contributed by atoms with Crippen LogP contribution in [-0.2, 0) is 20.1 Å². The molecule has 8 aromatic rings. The number of pyridine rings is 2. The third-order valence-corrected chi connectivity index (χ3v) is 11.8. The van der Waals surface area contributed by atoms with Gasteiger partial charge in [-0.1, -0.05) is 142 Å². The largest absolute Gasteiger partial charge is 0.501 e. The quantitative estimate of drug-likeness (QED) is 0.118. The van der Waals surface area contributed by atoms with Crippen molar-refractivity contribution in [1.82, 2.24) is 9.97 Å². The Bertz CT molecular complexity index is 2430. The van der Waals surface area contributed by atoms with Gasteiger partial charge in [-0.2, -0.15) is 0 Å². The van der Waals surface area contributed by atoms with Gasteiger partial charge in [0.2, 0.25) is 0 Å². The van der Waals surface area contributed by atoms with Crippen LogP contribution in [0.3, 0.4) is 0 Å². The fourth-order valence-corrected chi connectivity index (χ4v) is 8.58. The molecule has 3 aromatic heterocycles. The number of nitrogens with zero attached hydrogens (tertiary/aromatic N) is 2. The van der Waals surface area contributed by atoms with Gasteiger partial charge in [0.05, 0.1) is 13.7 Å². The van der Waals surface area contributed by atoms with Crippen molar-refractivity contribution in [2.75, 3.05) is 0 Å². The number of hydrogen-bond acceptors (Lipinski definition) is 3. The Morgan fingerprint density at radius 1 is 0.660 bits per heavy atom. The van der Waals surface area contributed by atoms with Gasteiger partial charge in [-0.25, -0.2) is 0 Å². The van der Waals surface area contributed by atoms with Gasteiger partial charge in [0.15, 0.2) is 0 Å². The standard InChI is InChI=1S/C31H22NO.C17H22NSi.Ir/c1-21(22-10-4-2-5-11-22)24-18-19-32-28(20-24)26-15-8-16-27-30-25(23-12-6-3-7-13-23)14-9-17-29(30)33-31(26)27;1-13(2)15-11-16(14-9-7-6-8-10-14)18-12-17(15)19(3,4)5;/h2-14,16-21H,1H3;6-9,11-13H,1-5H3;/q2*-1;. The van der Waals surface area contributed by atoms with Crippen LogP contribution in [-0.4, -0.2) is 18.0 Å². The van der Waals surface area contributed by atoms with E-state index in [0.29, 0.717) is 5.92 Å². The van der Waals surface area contributed by atoms with E-state index in [2.05, 4.69) is 161 Å². The van der Waals surface area contributed by atoms with E-state index in [9.17, 15) is 0 Å². The van der Waals surface area contributed by atoms with Crippen molar-refractivity contribution in [2.24, 2.45) is 0 Å². The van der Waals surface area contributed by atoms with E-state index in [4.69, 9.17) is 9.40 Å². The molecule has 53 heavy (non-hydrogen) atoms. The predicted molar refractivity (Wildman–Crippen MR) is 221 cm³/mol. The molecule has 1 radical (unpaired) electrons. The van der Waals surface area contributed by atoms with Gasteiger partial charge >= 0.3 is 0 Å². The van der Waals surface area contributed by atoms with Crippen molar-refractivity contribution in [2.45, 2.75) is 52.2 Å². The molecule has 1 atom stereocenters. The molecule has 8 rings (SSSR count). The maximum Gasteiger partial charge on any atom is 0.121 e. The van der Waals surface area contributed by atoms with E-state index < -0.39 is 8.07 Å². The minimum absolute atomic E-state index is 0. The maximum absolute atomic E-state index is 6.41. The molecule has 3 nitrogen and oxygen atoms in total. The van der Waals surface area contributed by atoms with Gasteiger partial charge < -0.3 is 14.4 Å². The normalized spacial score (nSPS) is 11.9. The minimum atomic E-state index is -1.34. The monoisotopic (exact) mass is 885 g/mol. The second-order valence-electron chi connectivity index (χ2n) is 14.7. The van der Waals surface area contributed by atoms with Crippen molar-refractivity contribution in [3.63, 3.8) is 0 Å². The zero-order valence-electron chi connectivity index (χ0n) is 31.1. The van der Waals surface area contributed by atoms with Crippen molar-refractivity contribution in [3.8, 4) is 33.6 Å². The average molecular weight is 885 g/mol. The number of aromatic nitrogens is 2. The van der Waals surface area contributed by atoms with Gasteiger partial charge in [-0.3, -0.25) is 0 Å². The summed E-state index contributed by atoms with van der Waals surface area (Å²) in [6, 6.07) is 52.5. The molecule has 0 spiro atoms. The van der Waals surface area contributed by atoms with Gasteiger partial charge in [-0.05, 0) is 56.9 Å². The topological polar surface area (TPSA) is 38.9 Å². The van der Waals surface area contributed by atoms with E-state index in [1.807, 2.05) is 42.6 Å². The summed E-state index contributed by atoms with van der Waals surface area (Å²) < 4.78 is 6.41. The molecular formula is C48H44IrN2OSi-2. The molecule has 3 heterocycles. The summed E-state index contributed by atoms with van der Waals surface area (Å²) >= 11 is 0. The van der Waals surface area contributed by atoms with Gasteiger partial charge in [0.1, 0.15) is 5.58 Å². The molecule has 1 unspecified atom stereocenters. The predicted octanol–water partition coefficient (Wildman–Crippen LogP) is 12.5. The van der Waals surface area contributed by atoms with E-state index in [0.717, 1.165) is 44.5 Å². The van der Waals surface area contributed by atoms with E-state index in [1.165, 1.54) is 33.0 Å². The van der Waals surface area contributed by atoms with Crippen LogP contribution < -0.4 is 5.19 Å². The van der Waals surface area contributed by atoms with Crippen LogP contribution in [0.25, 0.3) is 55.6 Å². The third-order valence-electron chi connectivity index (χ3n) is 9.73. The Morgan fingerprint density at radius 2 is 1.40 bits per heavy atom. The van der Waals surface area contributed by atoms with Gasteiger partial charge in [-0.15, -0.1) is 54.1 Å². The molecular weight excluding hydrogens is 841 g/mol. The molecule has 0 fully saturated rings. The van der Waals surface area contributed by atoms with Crippen molar-refractivity contribution < 1.29 is 24.5 Å². The Kier molecular flexibility index (Phi) is 11.7. The first-order chi connectivity index (χ1) is 25.2. The first kappa shape index (κ1) is 37.8. The number of fused-ring (bicyclic) bond motifs is 3. The molecule has 0 bridgehead atoms. The Morgan fingerprint density at radius 3 is 2.09 bits per heavy atom. The molecule has 0 aliphatic heterocycles. The van der Waals surface area contributed by atoms with Gasteiger partial charge in [0.25, 0.3) is 0 Å². The van der Waals surface area contributed by atoms with Crippen LogP contribution in [0.4, 0.5) is 0 Å². The summed E-state index contributed by atoms with van der Waals surface area (Å²) in [5.41, 5.74) is 11.9. The molecule has 5 aromatic carbocycles. The second kappa shape index (κ2) is 16.4. The Labute approximate surface area is 328 Å². The van der Waals surface area contributed by atoms with E-state index in [-0.39, 0.29) is 26.0 Å². The van der Waals surface area contributed by atoms with Crippen LogP contribution in [0.1, 0.15) is 49.3 Å². The second-order valence-corrected chi connectivity index (χ2v) is 19.7. The number of benzene rings is 5. The van der Waals surface area contributed by atoms with Crippen molar-refractivity contribution in [1.29, 1.82) is 0 Å². The molecule has 267 valence electrons. The summed E-state index contributed by atoms with van der Waals surface area (Å²) in [5, 5.41) is 3.69. The van der Waals surface area contributed by atoms with Gasteiger partial charge in [0, 0.05) is 43.8 Å². The third kappa shape index (κ3) is 8.19. The zero-order valence-corrected chi connectivity index (χ0v) is 34.5. The summed E-state index contributed by atoms with van der Waals surface area (Å²) in [5.74, 6) is 0.805. The first-order valence-electron chi connectivity index (χ1n) is 18.1. The molecule has 0 N–H and O–H groups in total. The van der Waals surface area contributed by atoms with Crippen molar-refractivity contribution >= 4 is 35.2 Å². The smallest absolute Gasteiger partial charge is 0.121 e. The summed E-state index contributed by atoms with van der Waals surface area (Å²) in [6.45, 7) is 13.9. The van der Waals surface area contributed by atoms with E-state index >= 15 is 0 Å². The summed E-state index contributed by atoms with van der Waals surface area (Å²) in [7, 11) is -1.34. The summed E-state index contributed by atoms with van der Waals surface area (Å²) in [4.78, 5) is 9.36. The molecule has 0 aliphatic carbocycles. The van der Waals surface area contributed by atoms with Crippen LogP contribution in [0.5, 0.6) is 0 Å². The average Bonchev–Trinajstić information content (AvgIpc) is 3.58.